The SMILES string of the molecule is C=CCn1c(C)cc(C(=O)COC(=O)c2c(C)c(C)c(C)c(C)c2C)c1C. The second-order valence-electron chi connectivity index (χ2n) is 7.18. The Morgan fingerprint density at radius 1 is 0.963 bits per heavy atom. The second kappa shape index (κ2) is 7.95. The number of ether oxygens (including phenoxy) is 1. The third-order valence-corrected chi connectivity index (χ3v) is 5.72. The van der Waals surface area contributed by atoms with Crippen molar-refractivity contribution in [2.45, 2.75) is 55.0 Å². The predicted molar refractivity (Wildman–Crippen MR) is 109 cm³/mol. The number of Topliss-reactive ketones (excluding diaryl/α,β-unsaturated/α-hetero) is 1. The molecule has 0 aliphatic carbocycles. The summed E-state index contributed by atoms with van der Waals surface area (Å²) >= 11 is 0. The zero-order valence-electron chi connectivity index (χ0n) is 17.4. The smallest absolute Gasteiger partial charge is 0.339 e. The summed E-state index contributed by atoms with van der Waals surface area (Å²) in [5.74, 6) is -0.632. The van der Waals surface area contributed by atoms with Crippen molar-refractivity contribution in [1.82, 2.24) is 4.57 Å². The van der Waals surface area contributed by atoms with Crippen LogP contribution in [0.25, 0.3) is 0 Å². The highest BCUT2D eigenvalue weighted by molar-refractivity contribution is 6.01. The molecular formula is C23H29NO3. The molecule has 2 rings (SSSR count). The maximum atomic E-state index is 12.7. The fourth-order valence-electron chi connectivity index (χ4n) is 3.58. The molecule has 4 nitrogen and oxygen atoms in total. The first kappa shape index (κ1) is 20.7. The van der Waals surface area contributed by atoms with Gasteiger partial charge in [0.1, 0.15) is 0 Å². The summed E-state index contributed by atoms with van der Waals surface area (Å²) in [6.07, 6.45) is 1.79. The van der Waals surface area contributed by atoms with Crippen molar-refractivity contribution in [2.75, 3.05) is 6.61 Å². The lowest BCUT2D eigenvalue weighted by atomic mass is 9.90. The highest BCUT2D eigenvalue weighted by Gasteiger charge is 2.22. The first-order valence-electron chi connectivity index (χ1n) is 9.16. The van der Waals surface area contributed by atoms with Gasteiger partial charge < -0.3 is 9.30 Å². The van der Waals surface area contributed by atoms with Crippen LogP contribution in [0.5, 0.6) is 0 Å². The first-order valence-corrected chi connectivity index (χ1v) is 9.16. The summed E-state index contributed by atoms with van der Waals surface area (Å²) < 4.78 is 7.42. The number of esters is 1. The third-order valence-electron chi connectivity index (χ3n) is 5.72. The summed E-state index contributed by atoms with van der Waals surface area (Å²) in [5.41, 5.74) is 8.20. The van der Waals surface area contributed by atoms with Crippen molar-refractivity contribution < 1.29 is 14.3 Å². The van der Waals surface area contributed by atoms with Crippen molar-refractivity contribution >= 4 is 11.8 Å². The number of hydrogen-bond donors (Lipinski definition) is 0. The molecule has 27 heavy (non-hydrogen) atoms. The topological polar surface area (TPSA) is 48.3 Å². The summed E-state index contributed by atoms with van der Waals surface area (Å²) in [6.45, 7) is 17.9. The van der Waals surface area contributed by atoms with E-state index in [4.69, 9.17) is 4.74 Å². The Morgan fingerprint density at radius 2 is 1.48 bits per heavy atom. The van der Waals surface area contributed by atoms with Gasteiger partial charge in [0.2, 0.25) is 5.78 Å². The molecule has 0 aliphatic heterocycles. The molecule has 0 aliphatic rings. The predicted octanol–water partition coefficient (Wildman–Crippen LogP) is 4.87. The van der Waals surface area contributed by atoms with Crippen LogP contribution in [0.4, 0.5) is 0 Å². The number of hydrogen-bond acceptors (Lipinski definition) is 3. The molecule has 0 atom stereocenters. The minimum Gasteiger partial charge on any atom is -0.454 e. The van der Waals surface area contributed by atoms with Crippen LogP contribution in [0.15, 0.2) is 18.7 Å². The maximum absolute atomic E-state index is 12.7. The summed E-state index contributed by atoms with van der Waals surface area (Å²) in [5, 5.41) is 0. The minimum absolute atomic E-state index is 0.192. The number of carbonyl (C=O) groups excluding carboxylic acids is 2. The highest BCUT2D eigenvalue weighted by Crippen LogP contribution is 2.26. The molecule has 1 heterocycles. The normalized spacial score (nSPS) is 10.8. The van der Waals surface area contributed by atoms with Crippen LogP contribution in [-0.2, 0) is 11.3 Å². The van der Waals surface area contributed by atoms with Gasteiger partial charge in [-0.2, -0.15) is 0 Å². The van der Waals surface area contributed by atoms with E-state index in [0.717, 1.165) is 33.6 Å². The molecule has 0 spiro atoms. The van der Waals surface area contributed by atoms with E-state index < -0.39 is 5.97 Å². The van der Waals surface area contributed by atoms with Gasteiger partial charge >= 0.3 is 5.97 Å². The minimum atomic E-state index is -0.440. The lowest BCUT2D eigenvalue weighted by molar-refractivity contribution is 0.0473. The van der Waals surface area contributed by atoms with Crippen LogP contribution in [0.2, 0.25) is 0 Å². The van der Waals surface area contributed by atoms with Gasteiger partial charge in [0, 0.05) is 23.5 Å². The molecule has 2 aromatic rings. The number of benzene rings is 1. The summed E-state index contributed by atoms with van der Waals surface area (Å²) in [4.78, 5) is 25.3. The van der Waals surface area contributed by atoms with Gasteiger partial charge in [-0.3, -0.25) is 4.79 Å². The Morgan fingerprint density at radius 3 is 2.00 bits per heavy atom. The standard InChI is InChI=1S/C23H29NO3/c1-9-10-24-13(2)11-20(19(24)8)21(25)12-27-23(26)22-17(6)15(4)14(3)16(5)18(22)7/h9,11H,1,10,12H2,2-8H3. The number of aromatic nitrogens is 1. The quantitative estimate of drug-likeness (QED) is 0.416. The van der Waals surface area contributed by atoms with Crippen molar-refractivity contribution in [3.8, 4) is 0 Å². The molecule has 0 saturated heterocycles. The fourth-order valence-corrected chi connectivity index (χ4v) is 3.58. The van der Waals surface area contributed by atoms with Crippen molar-refractivity contribution in [1.29, 1.82) is 0 Å². The fraction of sp³-hybridized carbons (Fsp3) is 0.391. The highest BCUT2D eigenvalue weighted by atomic mass is 16.5. The zero-order valence-corrected chi connectivity index (χ0v) is 17.4. The van der Waals surface area contributed by atoms with Crippen molar-refractivity contribution in [3.63, 3.8) is 0 Å². The molecule has 0 N–H and O–H groups in total. The van der Waals surface area contributed by atoms with E-state index in [1.54, 1.807) is 6.08 Å². The van der Waals surface area contributed by atoms with E-state index in [2.05, 4.69) is 13.5 Å². The molecule has 0 saturated carbocycles. The second-order valence-corrected chi connectivity index (χ2v) is 7.18. The van der Waals surface area contributed by atoms with Crippen LogP contribution in [0.1, 0.15) is 59.9 Å². The lowest BCUT2D eigenvalue weighted by Crippen LogP contribution is -2.18. The Bertz CT molecular complexity index is 903. The van der Waals surface area contributed by atoms with Gasteiger partial charge in [-0.05, 0) is 82.3 Å². The van der Waals surface area contributed by atoms with E-state index in [1.165, 1.54) is 5.56 Å². The monoisotopic (exact) mass is 367 g/mol. The number of aryl methyl sites for hydroxylation is 1. The largest absolute Gasteiger partial charge is 0.454 e. The molecule has 4 heteroatoms. The molecule has 0 amide bonds. The van der Waals surface area contributed by atoms with Crippen LogP contribution in [0, 0.1) is 48.5 Å². The molecular weight excluding hydrogens is 338 g/mol. The van der Waals surface area contributed by atoms with E-state index in [1.807, 2.05) is 52.2 Å². The number of allylic oxidation sites excluding steroid dienone is 1. The molecule has 0 bridgehead atoms. The molecule has 0 fully saturated rings. The summed E-state index contributed by atoms with van der Waals surface area (Å²) in [6, 6.07) is 1.84. The number of ketones is 1. The van der Waals surface area contributed by atoms with Gasteiger partial charge in [0.05, 0.1) is 5.56 Å². The Labute approximate surface area is 161 Å². The average molecular weight is 367 g/mol. The number of rotatable bonds is 6. The van der Waals surface area contributed by atoms with Crippen LogP contribution >= 0.6 is 0 Å². The van der Waals surface area contributed by atoms with Crippen LogP contribution in [-0.4, -0.2) is 22.9 Å². The Balaban J connectivity index is 2.23. The van der Waals surface area contributed by atoms with E-state index >= 15 is 0 Å². The molecule has 0 unspecified atom stereocenters. The van der Waals surface area contributed by atoms with E-state index in [-0.39, 0.29) is 12.4 Å². The Kier molecular flexibility index (Phi) is 6.09. The Hall–Kier alpha value is -2.62. The van der Waals surface area contributed by atoms with Crippen molar-refractivity contribution in [3.05, 3.63) is 69.1 Å². The first-order chi connectivity index (χ1) is 12.6. The van der Waals surface area contributed by atoms with Gasteiger partial charge in [0.25, 0.3) is 0 Å². The van der Waals surface area contributed by atoms with Crippen molar-refractivity contribution in [2.24, 2.45) is 0 Å². The molecule has 1 aromatic carbocycles. The van der Waals surface area contributed by atoms with Gasteiger partial charge in [-0.1, -0.05) is 6.08 Å². The van der Waals surface area contributed by atoms with Gasteiger partial charge in [-0.25, -0.2) is 4.79 Å². The third kappa shape index (κ3) is 3.75. The van der Waals surface area contributed by atoms with E-state index in [9.17, 15) is 9.59 Å². The maximum Gasteiger partial charge on any atom is 0.339 e. The number of carbonyl (C=O) groups is 2. The van der Waals surface area contributed by atoms with Gasteiger partial charge in [-0.15, -0.1) is 6.58 Å². The van der Waals surface area contributed by atoms with Crippen LogP contribution < -0.4 is 0 Å². The zero-order chi connectivity index (χ0) is 20.5. The molecule has 1 aromatic heterocycles. The molecule has 0 radical (unpaired) electrons. The van der Waals surface area contributed by atoms with Gasteiger partial charge in [0.15, 0.2) is 6.61 Å². The lowest BCUT2D eigenvalue weighted by Gasteiger charge is -2.17. The number of nitrogens with zero attached hydrogens (tertiary/aromatic N) is 1. The average Bonchev–Trinajstić information content (AvgIpc) is 2.91. The van der Waals surface area contributed by atoms with Crippen LogP contribution in [0.3, 0.4) is 0 Å². The van der Waals surface area contributed by atoms with E-state index in [0.29, 0.717) is 17.7 Å². The summed E-state index contributed by atoms with van der Waals surface area (Å²) in [7, 11) is 0. The molecule has 144 valence electrons.